The summed E-state index contributed by atoms with van der Waals surface area (Å²) in [6, 6.07) is 1.84. The third kappa shape index (κ3) is 1.49. The Bertz CT molecular complexity index is 292. The van der Waals surface area contributed by atoms with Crippen molar-refractivity contribution in [2.75, 3.05) is 0 Å². The summed E-state index contributed by atoms with van der Waals surface area (Å²) in [5.74, 6) is 0. The lowest BCUT2D eigenvalue weighted by atomic mass is 10.1. The van der Waals surface area contributed by atoms with Crippen LogP contribution in [0, 0.1) is 0 Å². The Labute approximate surface area is 71.0 Å². The van der Waals surface area contributed by atoms with Gasteiger partial charge in [-0.3, -0.25) is 0 Å². The van der Waals surface area contributed by atoms with Crippen molar-refractivity contribution in [1.29, 1.82) is 0 Å². The van der Waals surface area contributed by atoms with Crippen molar-refractivity contribution < 1.29 is 0 Å². The van der Waals surface area contributed by atoms with Gasteiger partial charge in [0.2, 0.25) is 0 Å². The Morgan fingerprint density at radius 1 is 1.36 bits per heavy atom. The molecule has 1 rings (SSSR count). The summed E-state index contributed by atoms with van der Waals surface area (Å²) in [6.07, 6.45) is 5.04. The predicted octanol–water partition coefficient (Wildman–Crippen LogP) is 3.02. The number of hydrogen-bond donors (Lipinski definition) is 0. The standard InChI is InChI=1S/C9H8ClN/c1-3-7-5-6-11-9(10)8(7)4-2/h3-6H,1-2H2. The first-order valence-electron chi connectivity index (χ1n) is 3.19. The lowest BCUT2D eigenvalue weighted by Crippen LogP contribution is -1.84. The molecule has 0 fully saturated rings. The Morgan fingerprint density at radius 3 is 2.55 bits per heavy atom. The fraction of sp³-hybridized carbons (Fsp3) is 0. The molecule has 0 radical (unpaired) electrons. The van der Waals surface area contributed by atoms with Gasteiger partial charge in [0.05, 0.1) is 0 Å². The van der Waals surface area contributed by atoms with E-state index in [1.807, 2.05) is 6.07 Å². The summed E-state index contributed by atoms with van der Waals surface area (Å²) < 4.78 is 0. The molecule has 0 amide bonds. The van der Waals surface area contributed by atoms with Crippen LogP contribution in [0.5, 0.6) is 0 Å². The highest BCUT2D eigenvalue weighted by atomic mass is 35.5. The highest BCUT2D eigenvalue weighted by Crippen LogP contribution is 2.18. The van der Waals surface area contributed by atoms with Crippen molar-refractivity contribution in [3.8, 4) is 0 Å². The van der Waals surface area contributed by atoms with Crippen LogP contribution >= 0.6 is 11.6 Å². The van der Waals surface area contributed by atoms with Gasteiger partial charge in [-0.25, -0.2) is 4.98 Å². The van der Waals surface area contributed by atoms with Crippen LogP contribution in [0.1, 0.15) is 11.1 Å². The van der Waals surface area contributed by atoms with Gasteiger partial charge >= 0.3 is 0 Å². The van der Waals surface area contributed by atoms with Gasteiger partial charge in [0.15, 0.2) is 0 Å². The summed E-state index contributed by atoms with van der Waals surface area (Å²) >= 11 is 5.78. The molecular weight excluding hydrogens is 158 g/mol. The van der Waals surface area contributed by atoms with E-state index in [1.54, 1.807) is 18.3 Å². The fourth-order valence-electron chi connectivity index (χ4n) is 0.842. The molecule has 0 atom stereocenters. The topological polar surface area (TPSA) is 12.9 Å². The third-order valence-corrected chi connectivity index (χ3v) is 1.70. The van der Waals surface area contributed by atoms with Crippen molar-refractivity contribution in [2.45, 2.75) is 0 Å². The van der Waals surface area contributed by atoms with E-state index in [0.29, 0.717) is 5.15 Å². The minimum atomic E-state index is 0.470. The molecule has 2 heteroatoms. The molecule has 0 aliphatic heterocycles. The van der Waals surface area contributed by atoms with E-state index in [9.17, 15) is 0 Å². The van der Waals surface area contributed by atoms with Gasteiger partial charge in [0.1, 0.15) is 5.15 Å². The van der Waals surface area contributed by atoms with E-state index < -0.39 is 0 Å². The summed E-state index contributed by atoms with van der Waals surface area (Å²) in [4.78, 5) is 3.90. The molecule has 0 aliphatic carbocycles. The van der Waals surface area contributed by atoms with Crippen molar-refractivity contribution in [3.63, 3.8) is 0 Å². The summed E-state index contributed by atoms with van der Waals surface area (Å²) in [5.41, 5.74) is 1.80. The van der Waals surface area contributed by atoms with E-state index >= 15 is 0 Å². The molecule has 56 valence electrons. The second-order valence-corrected chi connectivity index (χ2v) is 2.37. The zero-order valence-electron chi connectivity index (χ0n) is 6.05. The Hall–Kier alpha value is -1.08. The lowest BCUT2D eigenvalue weighted by molar-refractivity contribution is 1.31. The van der Waals surface area contributed by atoms with Crippen molar-refractivity contribution in [3.05, 3.63) is 41.7 Å². The summed E-state index contributed by atoms with van der Waals surface area (Å²) in [6.45, 7) is 7.27. The van der Waals surface area contributed by atoms with Crippen LogP contribution in [-0.4, -0.2) is 4.98 Å². The maximum atomic E-state index is 5.78. The monoisotopic (exact) mass is 165 g/mol. The number of aromatic nitrogens is 1. The number of pyridine rings is 1. The Balaban J connectivity index is 3.35. The van der Waals surface area contributed by atoms with Crippen LogP contribution in [0.25, 0.3) is 12.2 Å². The first kappa shape index (κ1) is 8.02. The second kappa shape index (κ2) is 3.35. The Kier molecular flexibility index (Phi) is 2.44. The quantitative estimate of drug-likeness (QED) is 0.614. The molecule has 0 N–H and O–H groups in total. The number of halogens is 1. The van der Waals surface area contributed by atoms with E-state index in [4.69, 9.17) is 11.6 Å². The molecule has 0 aromatic carbocycles. The molecule has 0 saturated heterocycles. The molecule has 1 aromatic rings. The maximum Gasteiger partial charge on any atom is 0.136 e. The minimum Gasteiger partial charge on any atom is -0.244 e. The van der Waals surface area contributed by atoms with Crippen molar-refractivity contribution in [1.82, 2.24) is 4.98 Å². The van der Waals surface area contributed by atoms with E-state index in [2.05, 4.69) is 18.1 Å². The minimum absolute atomic E-state index is 0.470. The first-order chi connectivity index (χ1) is 5.29. The normalized spacial score (nSPS) is 9.18. The smallest absolute Gasteiger partial charge is 0.136 e. The van der Waals surface area contributed by atoms with Crippen molar-refractivity contribution in [2.24, 2.45) is 0 Å². The summed E-state index contributed by atoms with van der Waals surface area (Å²) in [7, 11) is 0. The first-order valence-corrected chi connectivity index (χ1v) is 3.56. The van der Waals surface area contributed by atoms with Crippen LogP contribution in [0.15, 0.2) is 25.4 Å². The molecule has 0 bridgehead atoms. The molecule has 0 unspecified atom stereocenters. The number of hydrogen-bond acceptors (Lipinski definition) is 1. The highest BCUT2D eigenvalue weighted by Gasteiger charge is 1.99. The van der Waals surface area contributed by atoms with Gasteiger partial charge < -0.3 is 0 Å². The zero-order valence-corrected chi connectivity index (χ0v) is 6.80. The zero-order chi connectivity index (χ0) is 8.27. The second-order valence-electron chi connectivity index (χ2n) is 2.01. The van der Waals surface area contributed by atoms with Gasteiger partial charge in [-0.05, 0) is 11.6 Å². The molecule has 1 heterocycles. The molecule has 0 saturated carbocycles. The summed E-state index contributed by atoms with van der Waals surface area (Å²) in [5, 5.41) is 0.470. The maximum absolute atomic E-state index is 5.78. The largest absolute Gasteiger partial charge is 0.244 e. The molecule has 1 aromatic heterocycles. The highest BCUT2D eigenvalue weighted by molar-refractivity contribution is 6.31. The van der Waals surface area contributed by atoms with Crippen molar-refractivity contribution >= 4 is 23.8 Å². The van der Waals surface area contributed by atoms with Gasteiger partial charge in [0.25, 0.3) is 0 Å². The van der Waals surface area contributed by atoms with Gasteiger partial charge in [-0.15, -0.1) is 0 Å². The van der Waals surface area contributed by atoms with Crippen LogP contribution in [0.4, 0.5) is 0 Å². The van der Waals surface area contributed by atoms with E-state index in [0.717, 1.165) is 11.1 Å². The predicted molar refractivity (Wildman–Crippen MR) is 49.4 cm³/mol. The SMILES string of the molecule is C=Cc1ccnc(Cl)c1C=C. The molecule has 0 aliphatic rings. The van der Waals surface area contributed by atoms with Gasteiger partial charge in [-0.1, -0.05) is 36.9 Å². The van der Waals surface area contributed by atoms with E-state index in [-0.39, 0.29) is 0 Å². The van der Waals surface area contributed by atoms with Crippen LogP contribution in [0.2, 0.25) is 5.15 Å². The lowest BCUT2D eigenvalue weighted by Gasteiger charge is -2.00. The Morgan fingerprint density at radius 2 is 2.09 bits per heavy atom. The fourth-order valence-corrected chi connectivity index (χ4v) is 1.08. The van der Waals surface area contributed by atoms with Crippen LogP contribution in [0.3, 0.4) is 0 Å². The number of rotatable bonds is 2. The van der Waals surface area contributed by atoms with Gasteiger partial charge in [-0.2, -0.15) is 0 Å². The number of nitrogens with zero attached hydrogens (tertiary/aromatic N) is 1. The third-order valence-electron chi connectivity index (χ3n) is 1.40. The average Bonchev–Trinajstić information content (AvgIpc) is 2.04. The molecular formula is C9H8ClN. The van der Waals surface area contributed by atoms with E-state index in [1.165, 1.54) is 0 Å². The molecule has 1 nitrogen and oxygen atoms in total. The average molecular weight is 166 g/mol. The molecule has 11 heavy (non-hydrogen) atoms. The van der Waals surface area contributed by atoms with Crippen LogP contribution < -0.4 is 0 Å². The molecule has 0 spiro atoms. The van der Waals surface area contributed by atoms with Gasteiger partial charge in [0, 0.05) is 11.8 Å². The van der Waals surface area contributed by atoms with Crippen LogP contribution in [-0.2, 0) is 0 Å².